The molecule has 194 valence electrons. The quantitative estimate of drug-likeness (QED) is 0.169. The first kappa shape index (κ1) is 26.3. The van der Waals surface area contributed by atoms with Crippen LogP contribution in [0.4, 0.5) is 0 Å². The number of thioether (sulfide) groups is 1. The third kappa shape index (κ3) is 4.68. The lowest BCUT2D eigenvalue weighted by Gasteiger charge is -2.49. The number of hydrogen-bond acceptors (Lipinski definition) is 11. The monoisotopic (exact) mass is 543 g/mol. The summed E-state index contributed by atoms with van der Waals surface area (Å²) in [6, 6.07) is 6.49. The van der Waals surface area contributed by atoms with Crippen LogP contribution in [-0.2, 0) is 28.7 Å². The number of aliphatic hydroxyl groups is 3. The van der Waals surface area contributed by atoms with Crippen molar-refractivity contribution in [3.8, 4) is 0 Å². The molecule has 13 nitrogen and oxygen atoms in total. The van der Waals surface area contributed by atoms with E-state index in [9.17, 15) is 34.5 Å². The van der Waals surface area contributed by atoms with E-state index in [1.165, 1.54) is 11.8 Å². The molecular formula is C21H22ClN3O10S. The molecule has 1 aromatic carbocycles. The second-order valence-electron chi connectivity index (χ2n) is 8.18. The van der Waals surface area contributed by atoms with E-state index in [0.29, 0.717) is 5.56 Å². The topological polar surface area (TPSA) is 209 Å². The van der Waals surface area contributed by atoms with Crippen LogP contribution < -0.4 is 11.1 Å². The van der Waals surface area contributed by atoms with Gasteiger partial charge in [0, 0.05) is 5.75 Å². The number of nitrogens with zero attached hydrogens (tertiary/aromatic N) is 1. The zero-order valence-electron chi connectivity index (χ0n) is 18.3. The Labute approximate surface area is 212 Å². The first-order valence-electron chi connectivity index (χ1n) is 10.6. The van der Waals surface area contributed by atoms with Crippen LogP contribution in [0.2, 0.25) is 0 Å². The van der Waals surface area contributed by atoms with E-state index in [0.717, 1.165) is 4.90 Å². The molecule has 7 N–H and O–H groups in total. The summed E-state index contributed by atoms with van der Waals surface area (Å²) in [5.41, 5.74) is 6.14. The van der Waals surface area contributed by atoms with E-state index >= 15 is 0 Å². The maximum absolute atomic E-state index is 12.9. The summed E-state index contributed by atoms with van der Waals surface area (Å²) in [5.74, 6) is -4.09. The molecule has 1 aromatic rings. The Morgan fingerprint density at radius 1 is 1.17 bits per heavy atom. The highest BCUT2D eigenvalue weighted by Gasteiger charge is 2.56. The molecule has 2 fully saturated rings. The van der Waals surface area contributed by atoms with E-state index in [1.807, 2.05) is 0 Å². The smallest absolute Gasteiger partial charge is 0.358 e. The van der Waals surface area contributed by atoms with Crippen LogP contribution >= 0.6 is 23.4 Å². The highest BCUT2D eigenvalue weighted by Crippen LogP contribution is 2.42. The number of nitrogens with two attached hydrogens (primary N) is 1. The van der Waals surface area contributed by atoms with Gasteiger partial charge in [-0.3, -0.25) is 14.5 Å². The van der Waals surface area contributed by atoms with Gasteiger partial charge in [-0.05, 0) is 5.56 Å². The van der Waals surface area contributed by atoms with Gasteiger partial charge in [0.1, 0.15) is 41.5 Å². The molecular weight excluding hydrogens is 522 g/mol. The number of carboxylic acid groups (broad SMARTS) is 1. The number of β-lactam (4-membered cyclic amide) rings is 1. The van der Waals surface area contributed by atoms with Crippen molar-refractivity contribution in [1.29, 1.82) is 0 Å². The largest absolute Gasteiger partial charge is 0.479 e. The Kier molecular flexibility index (Phi) is 7.56. The van der Waals surface area contributed by atoms with E-state index < -0.39 is 71.9 Å². The second-order valence-corrected chi connectivity index (χ2v) is 9.74. The zero-order chi connectivity index (χ0) is 26.3. The number of nitrogens with one attached hydrogen (secondary N) is 1. The molecule has 4 rings (SSSR count). The average Bonchev–Trinajstić information content (AvgIpc) is 2.86. The van der Waals surface area contributed by atoms with Gasteiger partial charge in [0.15, 0.2) is 6.10 Å². The number of carbonyl (C=O) groups excluding carboxylic acids is 3. The lowest BCUT2D eigenvalue weighted by Crippen LogP contribution is -2.71. The number of rotatable bonds is 6. The fraction of sp³-hybridized carbons (Fsp3) is 0.429. The van der Waals surface area contributed by atoms with E-state index in [4.69, 9.17) is 31.9 Å². The second kappa shape index (κ2) is 10.3. The molecule has 0 bridgehead atoms. The number of fused-ring (bicyclic) bond motifs is 1. The van der Waals surface area contributed by atoms with Gasteiger partial charge in [-0.1, -0.05) is 41.9 Å². The average molecular weight is 544 g/mol. The van der Waals surface area contributed by atoms with E-state index in [1.54, 1.807) is 30.3 Å². The van der Waals surface area contributed by atoms with Crippen molar-refractivity contribution in [3.05, 3.63) is 46.6 Å². The van der Waals surface area contributed by atoms with Gasteiger partial charge < -0.3 is 41.0 Å². The molecule has 15 heteroatoms. The molecule has 3 heterocycles. The minimum absolute atomic E-state index is 0.0685. The number of hydrogen-bond donors (Lipinski definition) is 6. The van der Waals surface area contributed by atoms with E-state index in [-0.39, 0.29) is 16.5 Å². The normalized spacial score (nSPS) is 32.8. The number of ether oxygens (including phenoxy) is 2. The van der Waals surface area contributed by atoms with Gasteiger partial charge in [0.05, 0.1) is 5.03 Å². The highest BCUT2D eigenvalue weighted by molar-refractivity contribution is 8.00. The maximum atomic E-state index is 12.9. The molecule has 2 amide bonds. The number of halogens is 1. The van der Waals surface area contributed by atoms with Crippen molar-refractivity contribution in [1.82, 2.24) is 10.2 Å². The van der Waals surface area contributed by atoms with Gasteiger partial charge in [-0.15, -0.1) is 11.8 Å². The van der Waals surface area contributed by atoms with E-state index in [2.05, 4.69) is 5.32 Å². The Hall–Kier alpha value is -2.72. The van der Waals surface area contributed by atoms with Crippen molar-refractivity contribution in [2.75, 3.05) is 5.75 Å². The summed E-state index contributed by atoms with van der Waals surface area (Å²) in [4.78, 5) is 50.6. The van der Waals surface area contributed by atoms with Crippen molar-refractivity contribution in [2.45, 2.75) is 48.2 Å². The third-order valence-electron chi connectivity index (χ3n) is 5.89. The molecule has 5 unspecified atom stereocenters. The van der Waals surface area contributed by atoms with Crippen LogP contribution in [0, 0.1) is 0 Å². The van der Waals surface area contributed by atoms with Crippen LogP contribution in [0.15, 0.2) is 41.1 Å². The summed E-state index contributed by atoms with van der Waals surface area (Å²) in [6.07, 6.45) is -9.91. The van der Waals surface area contributed by atoms with Gasteiger partial charge in [0.2, 0.25) is 12.2 Å². The lowest BCUT2D eigenvalue weighted by molar-refractivity contribution is -0.285. The van der Waals surface area contributed by atoms with Gasteiger partial charge in [-0.2, -0.15) is 0 Å². The molecule has 0 spiro atoms. The van der Waals surface area contributed by atoms with Gasteiger partial charge in [0.25, 0.3) is 5.91 Å². The SMILES string of the molecule is N[C@@H](C(=O)N[C@@H]1C(=O)N2C(C(=O)OC3OC(C(=O)O)C(O)C(O)C3O)=C(Cl)CS[C@H]12)c1ccccc1. The summed E-state index contributed by atoms with van der Waals surface area (Å²) in [5, 5.41) is 40.7. The predicted molar refractivity (Wildman–Crippen MR) is 122 cm³/mol. The van der Waals surface area contributed by atoms with Crippen molar-refractivity contribution >= 4 is 47.1 Å². The third-order valence-corrected chi connectivity index (χ3v) is 7.64. The van der Waals surface area contributed by atoms with Crippen molar-refractivity contribution < 1.29 is 49.1 Å². The Balaban J connectivity index is 1.45. The number of esters is 1. The Bertz CT molecular complexity index is 1100. The predicted octanol–water partition coefficient (Wildman–Crippen LogP) is -2.03. The summed E-state index contributed by atoms with van der Waals surface area (Å²) in [7, 11) is 0. The molecule has 3 aliphatic rings. The molecule has 0 radical (unpaired) electrons. The van der Waals surface area contributed by atoms with Crippen LogP contribution in [0.5, 0.6) is 0 Å². The minimum atomic E-state index is -1.99. The molecule has 3 aliphatic heterocycles. The molecule has 2 saturated heterocycles. The number of benzene rings is 1. The molecule has 0 aromatic heterocycles. The zero-order valence-corrected chi connectivity index (χ0v) is 19.8. The number of carboxylic acids is 1. The standard InChI is InChI=1S/C21H22ClN3O10S/c22-8-6-36-18-10(24-16(29)9(23)7-4-2-1-3-5-7)17(30)25(18)11(8)20(33)35-21-14(28)12(26)13(27)15(34-21)19(31)32/h1-5,9-10,12-15,18,21,26-28H,6,23H2,(H,24,29)(H,31,32)/t9-,10-,12?,13?,14?,15?,18-,21?/m1/s1. The Morgan fingerprint density at radius 3 is 2.47 bits per heavy atom. The first-order valence-corrected chi connectivity index (χ1v) is 12.0. The van der Waals surface area contributed by atoms with Crippen LogP contribution in [0.25, 0.3) is 0 Å². The van der Waals surface area contributed by atoms with Gasteiger partial charge >= 0.3 is 11.9 Å². The van der Waals surface area contributed by atoms with Crippen molar-refractivity contribution in [2.24, 2.45) is 5.73 Å². The molecule has 36 heavy (non-hydrogen) atoms. The number of carbonyl (C=O) groups is 4. The maximum Gasteiger partial charge on any atom is 0.358 e. The molecule has 8 atom stereocenters. The fourth-order valence-electron chi connectivity index (χ4n) is 3.94. The molecule has 0 saturated carbocycles. The van der Waals surface area contributed by atoms with Crippen LogP contribution in [-0.4, -0.2) is 97.0 Å². The van der Waals surface area contributed by atoms with Crippen molar-refractivity contribution in [3.63, 3.8) is 0 Å². The summed E-state index contributed by atoms with van der Waals surface area (Å²) in [6.45, 7) is 0. The first-order chi connectivity index (χ1) is 17.0. The number of aliphatic hydroxyl groups excluding tert-OH is 3. The minimum Gasteiger partial charge on any atom is -0.479 e. The fourth-order valence-corrected chi connectivity index (χ4v) is 5.48. The van der Waals surface area contributed by atoms with Crippen LogP contribution in [0.1, 0.15) is 11.6 Å². The van der Waals surface area contributed by atoms with Gasteiger partial charge in [-0.25, -0.2) is 9.59 Å². The Morgan fingerprint density at radius 2 is 1.83 bits per heavy atom. The molecule has 0 aliphatic carbocycles. The number of aliphatic carboxylic acids is 1. The van der Waals surface area contributed by atoms with Crippen LogP contribution in [0.3, 0.4) is 0 Å². The number of amides is 2. The summed E-state index contributed by atoms with van der Waals surface area (Å²) >= 11 is 7.35. The summed E-state index contributed by atoms with van der Waals surface area (Å²) < 4.78 is 9.97. The highest BCUT2D eigenvalue weighted by atomic mass is 35.5. The lowest BCUT2D eigenvalue weighted by atomic mass is 9.99.